The SMILES string of the molecule is Cn1nc(C2CC2)nc1CC(=O)Nc1ncc(C2CCCCO2)s1. The number of thiazole rings is 1. The molecule has 1 saturated carbocycles. The Morgan fingerprint density at radius 3 is 3.04 bits per heavy atom. The van der Waals surface area contributed by atoms with Gasteiger partial charge in [0.2, 0.25) is 5.91 Å². The fourth-order valence-electron chi connectivity index (χ4n) is 2.87. The molecule has 1 saturated heterocycles. The van der Waals surface area contributed by atoms with Crippen LogP contribution in [0.4, 0.5) is 5.13 Å². The van der Waals surface area contributed by atoms with E-state index in [9.17, 15) is 4.79 Å². The van der Waals surface area contributed by atoms with Gasteiger partial charge in [-0.3, -0.25) is 9.48 Å². The Hall–Kier alpha value is -1.80. The lowest BCUT2D eigenvalue weighted by Crippen LogP contribution is -2.16. The van der Waals surface area contributed by atoms with Crippen LogP contribution in [-0.4, -0.2) is 32.3 Å². The summed E-state index contributed by atoms with van der Waals surface area (Å²) < 4.78 is 7.47. The molecule has 0 radical (unpaired) electrons. The Morgan fingerprint density at radius 1 is 1.42 bits per heavy atom. The normalized spacial score (nSPS) is 21.0. The summed E-state index contributed by atoms with van der Waals surface area (Å²) in [6.07, 6.45) is 7.79. The van der Waals surface area contributed by atoms with E-state index in [0.29, 0.717) is 16.9 Å². The lowest BCUT2D eigenvalue weighted by atomic mass is 10.1. The summed E-state index contributed by atoms with van der Waals surface area (Å²) in [7, 11) is 1.84. The number of amides is 1. The highest BCUT2D eigenvalue weighted by Crippen LogP contribution is 2.38. The number of aromatic nitrogens is 4. The van der Waals surface area contributed by atoms with E-state index in [1.165, 1.54) is 17.8 Å². The molecule has 3 heterocycles. The summed E-state index contributed by atoms with van der Waals surface area (Å²) >= 11 is 1.49. The summed E-state index contributed by atoms with van der Waals surface area (Å²) in [4.78, 5) is 22.1. The number of nitrogens with zero attached hydrogens (tertiary/aromatic N) is 4. The van der Waals surface area contributed by atoms with Crippen molar-refractivity contribution in [1.82, 2.24) is 19.7 Å². The van der Waals surface area contributed by atoms with Gasteiger partial charge < -0.3 is 10.1 Å². The van der Waals surface area contributed by atoms with Crippen molar-refractivity contribution < 1.29 is 9.53 Å². The van der Waals surface area contributed by atoms with Crippen LogP contribution in [0.1, 0.15) is 60.7 Å². The average molecular weight is 347 g/mol. The predicted octanol–water partition coefficient (Wildman–Crippen LogP) is 2.57. The highest BCUT2D eigenvalue weighted by molar-refractivity contribution is 7.15. The van der Waals surface area contributed by atoms with Gasteiger partial charge in [0.1, 0.15) is 5.82 Å². The van der Waals surface area contributed by atoms with Crippen molar-refractivity contribution in [3.8, 4) is 0 Å². The quantitative estimate of drug-likeness (QED) is 0.899. The van der Waals surface area contributed by atoms with Crippen LogP contribution in [0.25, 0.3) is 0 Å². The smallest absolute Gasteiger partial charge is 0.233 e. The zero-order valence-corrected chi connectivity index (χ0v) is 14.5. The van der Waals surface area contributed by atoms with Crippen molar-refractivity contribution in [3.63, 3.8) is 0 Å². The first-order valence-corrected chi connectivity index (χ1v) is 9.27. The van der Waals surface area contributed by atoms with Crippen molar-refractivity contribution in [2.45, 2.75) is 50.5 Å². The molecular weight excluding hydrogens is 326 g/mol. The van der Waals surface area contributed by atoms with Gasteiger partial charge in [-0.2, -0.15) is 5.10 Å². The molecule has 1 N–H and O–H groups in total. The van der Waals surface area contributed by atoms with Gasteiger partial charge in [-0.15, -0.1) is 0 Å². The first-order valence-electron chi connectivity index (χ1n) is 8.46. The van der Waals surface area contributed by atoms with E-state index in [2.05, 4.69) is 20.4 Å². The Morgan fingerprint density at radius 2 is 2.29 bits per heavy atom. The molecule has 1 aliphatic carbocycles. The maximum atomic E-state index is 12.3. The Kier molecular flexibility index (Phi) is 4.32. The molecule has 24 heavy (non-hydrogen) atoms. The second kappa shape index (κ2) is 6.60. The van der Waals surface area contributed by atoms with Gasteiger partial charge in [0, 0.05) is 25.8 Å². The van der Waals surface area contributed by atoms with E-state index in [1.54, 1.807) is 4.68 Å². The minimum absolute atomic E-state index is 0.113. The van der Waals surface area contributed by atoms with Crippen LogP contribution in [0.5, 0.6) is 0 Å². The Labute approximate surface area is 144 Å². The minimum atomic E-state index is -0.113. The highest BCUT2D eigenvalue weighted by Gasteiger charge is 2.29. The Bertz CT molecular complexity index is 731. The number of carbonyl (C=O) groups excluding carboxylic acids is 1. The van der Waals surface area contributed by atoms with Gasteiger partial charge in [0.15, 0.2) is 11.0 Å². The van der Waals surface area contributed by atoms with E-state index >= 15 is 0 Å². The summed E-state index contributed by atoms with van der Waals surface area (Å²) in [5.74, 6) is 1.94. The molecule has 7 nitrogen and oxygen atoms in total. The maximum absolute atomic E-state index is 12.3. The molecule has 2 aromatic heterocycles. The number of carbonyl (C=O) groups is 1. The predicted molar refractivity (Wildman–Crippen MR) is 90.0 cm³/mol. The molecule has 0 spiro atoms. The fraction of sp³-hybridized carbons (Fsp3) is 0.625. The molecular formula is C16H21N5O2S. The summed E-state index contributed by atoms with van der Waals surface area (Å²) in [6, 6.07) is 0. The number of aryl methyl sites for hydroxylation is 1. The molecule has 1 atom stereocenters. The molecule has 2 fully saturated rings. The maximum Gasteiger partial charge on any atom is 0.233 e. The highest BCUT2D eigenvalue weighted by atomic mass is 32.1. The van der Waals surface area contributed by atoms with Crippen LogP contribution in [0.2, 0.25) is 0 Å². The second-order valence-corrected chi connectivity index (χ2v) is 7.49. The first kappa shape index (κ1) is 15.7. The van der Waals surface area contributed by atoms with Crippen LogP contribution in [0, 0.1) is 0 Å². The van der Waals surface area contributed by atoms with Gasteiger partial charge >= 0.3 is 0 Å². The molecule has 0 bridgehead atoms. The molecule has 0 aromatic carbocycles. The van der Waals surface area contributed by atoms with Crippen molar-refractivity contribution in [3.05, 3.63) is 22.7 Å². The third-order valence-corrected chi connectivity index (χ3v) is 5.40. The first-order chi connectivity index (χ1) is 11.7. The third-order valence-electron chi connectivity index (χ3n) is 4.40. The standard InChI is InChI=1S/C16H21N5O2S/c1-21-13(18-15(20-21)10-5-6-10)8-14(22)19-16-17-9-12(24-16)11-4-2-3-7-23-11/h9-11H,2-8H2,1H3,(H,17,19,22). The van der Waals surface area contributed by atoms with Crippen LogP contribution < -0.4 is 5.32 Å². The molecule has 2 aromatic rings. The number of hydrogen-bond acceptors (Lipinski definition) is 6. The van der Waals surface area contributed by atoms with Crippen LogP contribution >= 0.6 is 11.3 Å². The minimum Gasteiger partial charge on any atom is -0.373 e. The lowest BCUT2D eigenvalue weighted by Gasteiger charge is -2.20. The third kappa shape index (κ3) is 3.49. The number of rotatable bonds is 5. The van der Waals surface area contributed by atoms with E-state index < -0.39 is 0 Å². The topological polar surface area (TPSA) is 81.9 Å². The van der Waals surface area contributed by atoms with Crippen molar-refractivity contribution in [2.24, 2.45) is 7.05 Å². The van der Waals surface area contributed by atoms with E-state index in [0.717, 1.165) is 43.0 Å². The van der Waals surface area contributed by atoms with Gasteiger partial charge in [0.05, 0.1) is 17.4 Å². The van der Waals surface area contributed by atoms with Crippen molar-refractivity contribution >= 4 is 22.4 Å². The van der Waals surface area contributed by atoms with Gasteiger partial charge in [0.25, 0.3) is 0 Å². The van der Waals surface area contributed by atoms with E-state index in [1.807, 2.05) is 13.2 Å². The zero-order valence-electron chi connectivity index (χ0n) is 13.7. The molecule has 4 rings (SSSR count). The second-order valence-electron chi connectivity index (χ2n) is 6.43. The number of anilines is 1. The van der Waals surface area contributed by atoms with Crippen LogP contribution in [-0.2, 0) is 23.0 Å². The summed E-state index contributed by atoms with van der Waals surface area (Å²) in [5.41, 5.74) is 0. The molecule has 128 valence electrons. The average Bonchev–Trinajstić information content (AvgIpc) is 3.23. The fourth-order valence-corrected chi connectivity index (χ4v) is 3.79. The molecule has 1 aliphatic heterocycles. The Balaban J connectivity index is 1.36. The lowest BCUT2D eigenvalue weighted by molar-refractivity contribution is -0.115. The number of hydrogen-bond donors (Lipinski definition) is 1. The largest absolute Gasteiger partial charge is 0.373 e. The van der Waals surface area contributed by atoms with Crippen LogP contribution in [0.3, 0.4) is 0 Å². The van der Waals surface area contributed by atoms with Crippen LogP contribution in [0.15, 0.2) is 6.20 Å². The molecule has 8 heteroatoms. The van der Waals surface area contributed by atoms with Gasteiger partial charge in [-0.1, -0.05) is 11.3 Å². The van der Waals surface area contributed by atoms with E-state index in [4.69, 9.17) is 4.74 Å². The van der Waals surface area contributed by atoms with Crippen molar-refractivity contribution in [2.75, 3.05) is 11.9 Å². The monoisotopic (exact) mass is 347 g/mol. The van der Waals surface area contributed by atoms with E-state index in [-0.39, 0.29) is 18.4 Å². The molecule has 1 unspecified atom stereocenters. The van der Waals surface area contributed by atoms with Crippen molar-refractivity contribution in [1.29, 1.82) is 0 Å². The van der Waals surface area contributed by atoms with Gasteiger partial charge in [-0.05, 0) is 32.1 Å². The zero-order chi connectivity index (χ0) is 16.5. The molecule has 2 aliphatic rings. The summed E-state index contributed by atoms with van der Waals surface area (Å²) in [6.45, 7) is 0.805. The van der Waals surface area contributed by atoms with Gasteiger partial charge in [-0.25, -0.2) is 9.97 Å². The number of nitrogens with one attached hydrogen (secondary N) is 1. The molecule has 1 amide bonds. The number of ether oxygens (including phenoxy) is 1. The summed E-state index contributed by atoms with van der Waals surface area (Å²) in [5, 5.41) is 7.88.